The largest absolute Gasteiger partial charge is 0.389 e. The van der Waals surface area contributed by atoms with Gasteiger partial charge in [-0.3, -0.25) is 0 Å². The lowest BCUT2D eigenvalue weighted by molar-refractivity contribution is -0.00426. The summed E-state index contributed by atoms with van der Waals surface area (Å²) >= 11 is 5.49. The summed E-state index contributed by atoms with van der Waals surface area (Å²) in [5.74, 6) is 0.214. The molecular formula is C12H17ClO2. The van der Waals surface area contributed by atoms with Crippen LogP contribution >= 0.6 is 11.6 Å². The Balaban J connectivity index is 2.50. The van der Waals surface area contributed by atoms with Crippen molar-refractivity contribution < 1.29 is 9.84 Å². The molecule has 0 saturated carbocycles. The van der Waals surface area contributed by atoms with Gasteiger partial charge in [-0.2, -0.15) is 0 Å². The number of hydrogen-bond donors (Lipinski definition) is 1. The number of aliphatic hydroxyl groups is 1. The van der Waals surface area contributed by atoms with Crippen molar-refractivity contribution in [1.82, 2.24) is 0 Å². The van der Waals surface area contributed by atoms with E-state index in [0.29, 0.717) is 0 Å². The van der Waals surface area contributed by atoms with Gasteiger partial charge in [-0.15, -0.1) is 11.6 Å². The highest BCUT2D eigenvalue weighted by Gasteiger charge is 2.11. The number of alkyl halides is 1. The van der Waals surface area contributed by atoms with E-state index in [1.165, 1.54) is 0 Å². The molecule has 0 aliphatic heterocycles. The van der Waals surface area contributed by atoms with Crippen LogP contribution in [0, 0.1) is 0 Å². The zero-order chi connectivity index (χ0) is 11.1. The maximum atomic E-state index is 9.29. The summed E-state index contributed by atoms with van der Waals surface area (Å²) in [5.41, 5.74) is 1.14. The summed E-state index contributed by atoms with van der Waals surface area (Å²) in [7, 11) is 0. The number of aliphatic hydroxyl groups excluding tert-OH is 1. The molecule has 2 atom stereocenters. The lowest BCUT2D eigenvalue weighted by atomic mass is 10.1. The van der Waals surface area contributed by atoms with E-state index in [0.717, 1.165) is 12.0 Å². The minimum Gasteiger partial charge on any atom is -0.389 e. The Morgan fingerprint density at radius 1 is 1.33 bits per heavy atom. The fourth-order valence-corrected chi connectivity index (χ4v) is 1.48. The molecular weight excluding hydrogens is 212 g/mol. The molecule has 1 aromatic rings. The molecule has 2 unspecified atom stereocenters. The summed E-state index contributed by atoms with van der Waals surface area (Å²) in [6.07, 6.45) is 0.354. The number of benzene rings is 1. The number of hydrogen-bond acceptors (Lipinski definition) is 2. The van der Waals surface area contributed by atoms with Gasteiger partial charge in [-0.1, -0.05) is 37.3 Å². The lowest BCUT2D eigenvalue weighted by Gasteiger charge is -2.18. The molecule has 15 heavy (non-hydrogen) atoms. The topological polar surface area (TPSA) is 29.5 Å². The van der Waals surface area contributed by atoms with Gasteiger partial charge in [-0.05, 0) is 12.0 Å². The second-order valence-electron chi connectivity index (χ2n) is 3.45. The maximum absolute atomic E-state index is 9.29. The SMILES string of the molecule is CCC(OCC(O)CCl)c1ccccc1. The summed E-state index contributed by atoms with van der Waals surface area (Å²) in [4.78, 5) is 0. The summed E-state index contributed by atoms with van der Waals surface area (Å²) in [6, 6.07) is 10.0. The van der Waals surface area contributed by atoms with Crippen molar-refractivity contribution in [2.75, 3.05) is 12.5 Å². The lowest BCUT2D eigenvalue weighted by Crippen LogP contribution is -2.18. The van der Waals surface area contributed by atoms with Gasteiger partial charge in [0, 0.05) is 0 Å². The maximum Gasteiger partial charge on any atom is 0.0908 e. The smallest absolute Gasteiger partial charge is 0.0908 e. The van der Waals surface area contributed by atoms with Gasteiger partial charge in [0.25, 0.3) is 0 Å². The highest BCUT2D eigenvalue weighted by Crippen LogP contribution is 2.20. The first-order valence-electron chi connectivity index (χ1n) is 5.18. The van der Waals surface area contributed by atoms with Crippen LogP contribution in [0.3, 0.4) is 0 Å². The second kappa shape index (κ2) is 6.83. The van der Waals surface area contributed by atoms with Gasteiger partial charge in [0.05, 0.1) is 24.7 Å². The molecule has 0 heterocycles. The second-order valence-corrected chi connectivity index (χ2v) is 3.76. The van der Waals surface area contributed by atoms with Gasteiger partial charge in [0.2, 0.25) is 0 Å². The van der Waals surface area contributed by atoms with Crippen LogP contribution in [0.25, 0.3) is 0 Å². The van der Waals surface area contributed by atoms with E-state index >= 15 is 0 Å². The van der Waals surface area contributed by atoms with E-state index in [4.69, 9.17) is 16.3 Å². The van der Waals surface area contributed by atoms with Crippen LogP contribution < -0.4 is 0 Å². The van der Waals surface area contributed by atoms with Gasteiger partial charge >= 0.3 is 0 Å². The number of halogens is 1. The quantitative estimate of drug-likeness (QED) is 0.759. The van der Waals surface area contributed by atoms with E-state index in [2.05, 4.69) is 6.92 Å². The average molecular weight is 229 g/mol. The van der Waals surface area contributed by atoms with E-state index in [-0.39, 0.29) is 18.6 Å². The predicted octanol–water partition coefficient (Wildman–Crippen LogP) is 2.75. The molecule has 3 heteroatoms. The third-order valence-electron chi connectivity index (χ3n) is 2.21. The number of ether oxygens (including phenoxy) is 1. The molecule has 2 nitrogen and oxygen atoms in total. The van der Waals surface area contributed by atoms with Crippen molar-refractivity contribution in [3.05, 3.63) is 35.9 Å². The van der Waals surface area contributed by atoms with E-state index in [9.17, 15) is 5.11 Å². The van der Waals surface area contributed by atoms with Gasteiger partial charge in [0.1, 0.15) is 0 Å². The zero-order valence-electron chi connectivity index (χ0n) is 8.90. The Kier molecular flexibility index (Phi) is 5.69. The Morgan fingerprint density at radius 3 is 2.53 bits per heavy atom. The molecule has 1 rings (SSSR count). The van der Waals surface area contributed by atoms with Crippen LogP contribution in [0.2, 0.25) is 0 Å². The van der Waals surface area contributed by atoms with Crippen molar-refractivity contribution >= 4 is 11.6 Å². The van der Waals surface area contributed by atoms with Crippen LogP contribution in [0.5, 0.6) is 0 Å². The fraction of sp³-hybridized carbons (Fsp3) is 0.500. The van der Waals surface area contributed by atoms with Crippen LogP contribution in [-0.2, 0) is 4.74 Å². The molecule has 0 fully saturated rings. The summed E-state index contributed by atoms with van der Waals surface area (Å²) in [6.45, 7) is 2.35. The van der Waals surface area contributed by atoms with Crippen molar-refractivity contribution in [2.24, 2.45) is 0 Å². The molecule has 0 aromatic heterocycles. The van der Waals surface area contributed by atoms with Crippen molar-refractivity contribution in [2.45, 2.75) is 25.6 Å². The molecule has 0 aliphatic rings. The Bertz CT molecular complexity index is 264. The average Bonchev–Trinajstić information content (AvgIpc) is 2.31. The molecule has 84 valence electrons. The third kappa shape index (κ3) is 4.20. The molecule has 0 bridgehead atoms. The first-order chi connectivity index (χ1) is 7.27. The zero-order valence-corrected chi connectivity index (χ0v) is 9.65. The summed E-state index contributed by atoms with van der Waals surface area (Å²) < 4.78 is 5.60. The normalized spacial score (nSPS) is 14.9. The van der Waals surface area contributed by atoms with Crippen molar-refractivity contribution in [1.29, 1.82) is 0 Å². The van der Waals surface area contributed by atoms with E-state index in [1.54, 1.807) is 0 Å². The van der Waals surface area contributed by atoms with Gasteiger partial charge in [-0.25, -0.2) is 0 Å². The third-order valence-corrected chi connectivity index (χ3v) is 2.57. The number of rotatable bonds is 6. The monoisotopic (exact) mass is 228 g/mol. The first kappa shape index (κ1) is 12.5. The molecule has 1 N–H and O–H groups in total. The van der Waals surface area contributed by atoms with Crippen molar-refractivity contribution in [3.8, 4) is 0 Å². The Labute approximate surface area is 95.8 Å². The van der Waals surface area contributed by atoms with Crippen LogP contribution in [0.4, 0.5) is 0 Å². The highest BCUT2D eigenvalue weighted by molar-refractivity contribution is 6.18. The molecule has 0 spiro atoms. The minimum atomic E-state index is -0.579. The molecule has 0 radical (unpaired) electrons. The van der Waals surface area contributed by atoms with Crippen LogP contribution in [0.1, 0.15) is 25.0 Å². The van der Waals surface area contributed by atoms with E-state index < -0.39 is 6.10 Å². The van der Waals surface area contributed by atoms with Crippen molar-refractivity contribution in [3.63, 3.8) is 0 Å². The molecule has 0 saturated heterocycles. The van der Waals surface area contributed by atoms with Gasteiger partial charge < -0.3 is 9.84 Å². The predicted molar refractivity (Wildman–Crippen MR) is 62.2 cm³/mol. The summed E-state index contributed by atoms with van der Waals surface area (Å²) in [5, 5.41) is 9.29. The van der Waals surface area contributed by atoms with E-state index in [1.807, 2.05) is 30.3 Å². The standard InChI is InChI=1S/C12H17ClO2/c1-2-12(15-9-11(14)8-13)10-6-4-3-5-7-10/h3-7,11-12,14H,2,8-9H2,1H3. The highest BCUT2D eigenvalue weighted by atomic mass is 35.5. The molecule has 0 aliphatic carbocycles. The molecule has 0 amide bonds. The fourth-order valence-electron chi connectivity index (χ4n) is 1.39. The van der Waals surface area contributed by atoms with Crippen LogP contribution in [0.15, 0.2) is 30.3 Å². The molecule has 1 aromatic carbocycles. The first-order valence-corrected chi connectivity index (χ1v) is 5.72. The Morgan fingerprint density at radius 2 is 2.00 bits per heavy atom. The van der Waals surface area contributed by atoms with Gasteiger partial charge in [0.15, 0.2) is 0 Å². The Hall–Kier alpha value is -0.570. The van der Waals surface area contributed by atoms with Crippen LogP contribution in [-0.4, -0.2) is 23.7 Å². The minimum absolute atomic E-state index is 0.0454.